The topological polar surface area (TPSA) is 26.9 Å². The minimum atomic E-state index is 0.445. The third kappa shape index (κ3) is 1.33. The van der Waals surface area contributed by atoms with Crippen LogP contribution in [0.25, 0.3) is 10.9 Å². The average Bonchev–Trinajstić information content (AvgIpc) is 2.18. The van der Waals surface area contributed by atoms with Crippen LogP contribution in [0, 0.1) is 5.21 Å². The third-order valence-electron chi connectivity index (χ3n) is 2.46. The summed E-state index contributed by atoms with van der Waals surface area (Å²) in [6.07, 6.45) is 1.58. The summed E-state index contributed by atoms with van der Waals surface area (Å²) in [5, 5.41) is 12.5. The van der Waals surface area contributed by atoms with Gasteiger partial charge in [-0.15, -0.1) is 0 Å². The average molecular weight is 187 g/mol. The molecule has 0 aliphatic carbocycles. The van der Waals surface area contributed by atoms with Crippen molar-refractivity contribution in [3.8, 4) is 0 Å². The number of aromatic nitrogens is 1. The Morgan fingerprint density at radius 3 is 2.57 bits per heavy atom. The second-order valence-corrected chi connectivity index (χ2v) is 3.77. The predicted octanol–water partition coefficient (Wildman–Crippen LogP) is 2.60. The molecule has 0 atom stereocenters. The van der Waals surface area contributed by atoms with Gasteiger partial charge >= 0.3 is 0 Å². The van der Waals surface area contributed by atoms with Gasteiger partial charge in [0.2, 0.25) is 5.52 Å². The van der Waals surface area contributed by atoms with Crippen molar-refractivity contribution < 1.29 is 4.73 Å². The molecule has 2 aromatic rings. The van der Waals surface area contributed by atoms with Crippen LogP contribution < -0.4 is 4.73 Å². The predicted molar refractivity (Wildman–Crippen MR) is 57.0 cm³/mol. The van der Waals surface area contributed by atoms with E-state index in [1.165, 1.54) is 5.56 Å². The Morgan fingerprint density at radius 1 is 1.14 bits per heavy atom. The number of pyridine rings is 1. The van der Waals surface area contributed by atoms with Gasteiger partial charge in [0.05, 0.1) is 5.39 Å². The SMILES string of the molecule is CC(C)c1cc[n+]([O-])c2ccccc12. The Hall–Kier alpha value is -1.57. The quantitative estimate of drug-likeness (QED) is 0.498. The first-order valence-corrected chi connectivity index (χ1v) is 4.81. The van der Waals surface area contributed by atoms with Crippen LogP contribution in [0.2, 0.25) is 0 Å². The highest BCUT2D eigenvalue weighted by Crippen LogP contribution is 2.22. The molecule has 2 heteroatoms. The van der Waals surface area contributed by atoms with Crippen molar-refractivity contribution in [2.24, 2.45) is 0 Å². The van der Waals surface area contributed by atoms with Crippen molar-refractivity contribution in [2.45, 2.75) is 19.8 Å². The summed E-state index contributed by atoms with van der Waals surface area (Å²) in [6.45, 7) is 4.27. The van der Waals surface area contributed by atoms with E-state index in [2.05, 4.69) is 13.8 Å². The van der Waals surface area contributed by atoms with Gasteiger partial charge in [0.25, 0.3) is 0 Å². The standard InChI is InChI=1S/C12H13NO/c1-9(2)10-7-8-13(14)12-6-4-3-5-11(10)12/h3-9H,1-2H3. The maximum absolute atomic E-state index is 11.5. The molecule has 0 radical (unpaired) electrons. The van der Waals surface area contributed by atoms with E-state index in [1.807, 2.05) is 30.3 Å². The normalized spacial score (nSPS) is 11.1. The van der Waals surface area contributed by atoms with E-state index in [1.54, 1.807) is 6.20 Å². The molecular formula is C12H13NO. The molecule has 0 aliphatic rings. The van der Waals surface area contributed by atoms with E-state index in [0.29, 0.717) is 5.92 Å². The molecule has 1 aromatic carbocycles. The molecule has 0 unspecified atom stereocenters. The molecule has 0 fully saturated rings. The smallest absolute Gasteiger partial charge is 0.224 e. The van der Waals surface area contributed by atoms with Gasteiger partial charge in [0.15, 0.2) is 6.20 Å². The largest absolute Gasteiger partial charge is 0.618 e. The summed E-state index contributed by atoms with van der Waals surface area (Å²) in [6, 6.07) is 9.61. The van der Waals surface area contributed by atoms with Crippen molar-refractivity contribution in [3.63, 3.8) is 0 Å². The Kier molecular flexibility index (Phi) is 2.12. The molecule has 1 aromatic heterocycles. The molecular weight excluding hydrogens is 174 g/mol. The van der Waals surface area contributed by atoms with Crippen LogP contribution in [0.1, 0.15) is 25.3 Å². The van der Waals surface area contributed by atoms with Crippen LogP contribution in [0.4, 0.5) is 0 Å². The van der Waals surface area contributed by atoms with Gasteiger partial charge in [-0.25, -0.2) is 0 Å². The molecule has 0 saturated heterocycles. The maximum atomic E-state index is 11.5. The minimum Gasteiger partial charge on any atom is -0.618 e. The second kappa shape index (κ2) is 3.29. The molecule has 2 rings (SSSR count). The molecule has 0 amide bonds. The summed E-state index contributed by atoms with van der Waals surface area (Å²) in [5.41, 5.74) is 1.98. The van der Waals surface area contributed by atoms with Gasteiger partial charge in [-0.2, -0.15) is 4.73 Å². The van der Waals surface area contributed by atoms with Crippen LogP contribution >= 0.6 is 0 Å². The summed E-state index contributed by atoms with van der Waals surface area (Å²) < 4.78 is 0.918. The van der Waals surface area contributed by atoms with E-state index in [-0.39, 0.29) is 0 Å². The lowest BCUT2D eigenvalue weighted by Gasteiger charge is -2.09. The van der Waals surface area contributed by atoms with Gasteiger partial charge in [-0.1, -0.05) is 26.0 Å². The van der Waals surface area contributed by atoms with Gasteiger partial charge in [0.1, 0.15) is 0 Å². The second-order valence-electron chi connectivity index (χ2n) is 3.77. The lowest BCUT2D eigenvalue weighted by molar-refractivity contribution is -0.577. The Labute approximate surface area is 83.4 Å². The summed E-state index contributed by atoms with van der Waals surface area (Å²) >= 11 is 0. The number of benzene rings is 1. The Bertz CT molecular complexity index is 463. The van der Waals surface area contributed by atoms with Crippen LogP contribution in [-0.4, -0.2) is 0 Å². The van der Waals surface area contributed by atoms with Crippen LogP contribution in [0.15, 0.2) is 36.5 Å². The molecule has 0 N–H and O–H groups in total. The van der Waals surface area contributed by atoms with E-state index in [9.17, 15) is 5.21 Å². The fraction of sp³-hybridized carbons (Fsp3) is 0.250. The minimum absolute atomic E-state index is 0.445. The van der Waals surface area contributed by atoms with E-state index in [4.69, 9.17) is 0 Å². The van der Waals surface area contributed by atoms with Gasteiger partial charge in [-0.3, -0.25) is 0 Å². The zero-order valence-corrected chi connectivity index (χ0v) is 8.40. The molecule has 0 saturated carbocycles. The lowest BCUT2D eigenvalue weighted by Crippen LogP contribution is -2.26. The number of hydrogen-bond donors (Lipinski definition) is 0. The summed E-state index contributed by atoms with van der Waals surface area (Å²) in [7, 11) is 0. The zero-order valence-electron chi connectivity index (χ0n) is 8.40. The number of fused-ring (bicyclic) bond motifs is 1. The van der Waals surface area contributed by atoms with Crippen molar-refractivity contribution in [2.75, 3.05) is 0 Å². The van der Waals surface area contributed by atoms with Gasteiger partial charge < -0.3 is 5.21 Å². The first-order valence-electron chi connectivity index (χ1n) is 4.81. The van der Waals surface area contributed by atoms with Crippen LogP contribution in [-0.2, 0) is 0 Å². The van der Waals surface area contributed by atoms with Crippen LogP contribution in [0.5, 0.6) is 0 Å². The first kappa shape index (κ1) is 9.00. The third-order valence-corrected chi connectivity index (χ3v) is 2.46. The fourth-order valence-corrected chi connectivity index (χ4v) is 1.73. The molecule has 1 heterocycles. The molecule has 14 heavy (non-hydrogen) atoms. The number of nitrogens with zero attached hydrogens (tertiary/aromatic N) is 1. The van der Waals surface area contributed by atoms with E-state index < -0.39 is 0 Å². The Morgan fingerprint density at radius 2 is 1.86 bits per heavy atom. The van der Waals surface area contributed by atoms with E-state index >= 15 is 0 Å². The maximum Gasteiger partial charge on any atom is 0.224 e. The fourth-order valence-electron chi connectivity index (χ4n) is 1.73. The molecule has 0 bridgehead atoms. The summed E-state index contributed by atoms with van der Waals surface area (Å²) in [4.78, 5) is 0. The van der Waals surface area contributed by atoms with Crippen molar-refractivity contribution in [3.05, 3.63) is 47.3 Å². The van der Waals surface area contributed by atoms with Crippen LogP contribution in [0.3, 0.4) is 0 Å². The van der Waals surface area contributed by atoms with Crippen molar-refractivity contribution in [1.82, 2.24) is 0 Å². The molecule has 0 spiro atoms. The highest BCUT2D eigenvalue weighted by atomic mass is 16.5. The lowest BCUT2D eigenvalue weighted by atomic mass is 9.99. The van der Waals surface area contributed by atoms with Gasteiger partial charge in [-0.05, 0) is 17.5 Å². The zero-order chi connectivity index (χ0) is 10.1. The molecule has 72 valence electrons. The first-order chi connectivity index (χ1) is 6.70. The van der Waals surface area contributed by atoms with Crippen molar-refractivity contribution >= 4 is 10.9 Å². The highest BCUT2D eigenvalue weighted by Gasteiger charge is 2.09. The Balaban J connectivity index is 2.82. The monoisotopic (exact) mass is 187 g/mol. The number of para-hydroxylation sites is 1. The van der Waals surface area contributed by atoms with E-state index in [0.717, 1.165) is 15.6 Å². The number of hydrogen-bond acceptors (Lipinski definition) is 1. The summed E-state index contributed by atoms with van der Waals surface area (Å²) in [5.74, 6) is 0.445. The molecule has 0 aliphatic heterocycles. The molecule has 2 nitrogen and oxygen atoms in total. The number of rotatable bonds is 1. The highest BCUT2D eigenvalue weighted by molar-refractivity contribution is 5.79. The van der Waals surface area contributed by atoms with Gasteiger partial charge in [0, 0.05) is 12.1 Å². The van der Waals surface area contributed by atoms with Crippen molar-refractivity contribution in [1.29, 1.82) is 0 Å².